The van der Waals surface area contributed by atoms with Crippen molar-refractivity contribution in [2.45, 2.75) is 37.9 Å². The van der Waals surface area contributed by atoms with Crippen LogP contribution in [-0.4, -0.2) is 12.2 Å². The summed E-state index contributed by atoms with van der Waals surface area (Å²) in [6.45, 7) is 0. The first-order valence-corrected chi connectivity index (χ1v) is 7.60. The minimum absolute atomic E-state index is 0.119. The summed E-state index contributed by atoms with van der Waals surface area (Å²) in [5, 5.41) is 3.98. The van der Waals surface area contributed by atoms with Crippen LogP contribution in [0.1, 0.15) is 25.7 Å². The number of anilines is 1. The highest BCUT2D eigenvalue weighted by Gasteiger charge is 2.41. The predicted octanol–water partition coefficient (Wildman–Crippen LogP) is 5.48. The quantitative estimate of drug-likeness (QED) is 0.645. The Bertz CT molecular complexity index is 442. The third kappa shape index (κ3) is 4.15. The molecule has 0 atom stereocenters. The van der Waals surface area contributed by atoms with Crippen LogP contribution in [0.5, 0.6) is 0 Å². The summed E-state index contributed by atoms with van der Waals surface area (Å²) in [5.41, 5.74) is 0.945. The van der Waals surface area contributed by atoms with Crippen molar-refractivity contribution in [3.63, 3.8) is 0 Å². The highest BCUT2D eigenvalue weighted by Crippen LogP contribution is 2.38. The lowest BCUT2D eigenvalue weighted by Gasteiger charge is -2.31. The summed E-state index contributed by atoms with van der Waals surface area (Å²) in [7, 11) is 0. The Morgan fingerprint density at radius 1 is 1.16 bits per heavy atom. The lowest BCUT2D eigenvalue weighted by Crippen LogP contribution is -2.32. The first-order valence-electron chi connectivity index (χ1n) is 6.14. The van der Waals surface area contributed by atoms with Gasteiger partial charge in [-0.2, -0.15) is 13.2 Å². The number of hydrogen-bond acceptors (Lipinski definition) is 1. The van der Waals surface area contributed by atoms with E-state index in [-0.39, 0.29) is 18.9 Å². The third-order valence-corrected chi connectivity index (χ3v) is 4.61. The van der Waals surface area contributed by atoms with Gasteiger partial charge in [0.15, 0.2) is 0 Å². The number of rotatable bonds is 2. The zero-order valence-corrected chi connectivity index (χ0v) is 13.0. The number of hydrogen-bond donors (Lipinski definition) is 1. The van der Waals surface area contributed by atoms with Gasteiger partial charge in [0.2, 0.25) is 0 Å². The van der Waals surface area contributed by atoms with Crippen LogP contribution in [0.25, 0.3) is 0 Å². The van der Waals surface area contributed by atoms with Crippen LogP contribution >= 0.6 is 34.2 Å². The molecule has 1 aromatic carbocycles. The average molecular weight is 404 g/mol. The molecule has 19 heavy (non-hydrogen) atoms. The molecule has 0 amide bonds. The van der Waals surface area contributed by atoms with Gasteiger partial charge in [0, 0.05) is 20.3 Å². The van der Waals surface area contributed by atoms with Crippen LogP contribution in [0, 0.1) is 9.49 Å². The average Bonchev–Trinajstić information content (AvgIpc) is 2.32. The molecule has 1 aliphatic rings. The minimum Gasteiger partial charge on any atom is -0.381 e. The second kappa shape index (κ2) is 6.08. The van der Waals surface area contributed by atoms with Crippen LogP contribution in [0.4, 0.5) is 18.9 Å². The van der Waals surface area contributed by atoms with Gasteiger partial charge in [-0.3, -0.25) is 0 Å². The van der Waals surface area contributed by atoms with E-state index in [1.165, 1.54) is 0 Å². The molecular weight excluding hydrogens is 390 g/mol. The monoisotopic (exact) mass is 403 g/mol. The summed E-state index contributed by atoms with van der Waals surface area (Å²) >= 11 is 8.04. The van der Waals surface area contributed by atoms with Gasteiger partial charge in [-0.1, -0.05) is 11.6 Å². The maximum atomic E-state index is 12.6. The van der Waals surface area contributed by atoms with E-state index >= 15 is 0 Å². The maximum Gasteiger partial charge on any atom is 0.391 e. The molecule has 1 saturated carbocycles. The van der Waals surface area contributed by atoms with E-state index in [0.717, 1.165) is 9.26 Å². The van der Waals surface area contributed by atoms with Crippen molar-refractivity contribution in [2.75, 3.05) is 5.32 Å². The van der Waals surface area contributed by atoms with Crippen molar-refractivity contribution in [3.05, 3.63) is 26.8 Å². The van der Waals surface area contributed by atoms with E-state index in [0.29, 0.717) is 17.9 Å². The molecule has 1 nitrogen and oxygen atoms in total. The summed E-state index contributed by atoms with van der Waals surface area (Å²) in [4.78, 5) is 0. The summed E-state index contributed by atoms with van der Waals surface area (Å²) in [5.74, 6) is -1.13. The molecule has 1 aromatic rings. The second-order valence-electron chi connectivity index (χ2n) is 4.86. The summed E-state index contributed by atoms with van der Waals surface area (Å²) in [6.07, 6.45) is -2.50. The van der Waals surface area contributed by atoms with Crippen molar-refractivity contribution in [1.82, 2.24) is 0 Å². The van der Waals surface area contributed by atoms with Crippen molar-refractivity contribution >= 4 is 39.9 Å². The SMILES string of the molecule is FC(F)(F)C1CCC(Nc2ccc(Cl)cc2I)CC1. The Morgan fingerprint density at radius 2 is 1.79 bits per heavy atom. The Hall–Kier alpha value is -0.170. The third-order valence-electron chi connectivity index (χ3n) is 3.48. The highest BCUT2D eigenvalue weighted by atomic mass is 127. The van der Waals surface area contributed by atoms with Gasteiger partial charge < -0.3 is 5.32 Å². The topological polar surface area (TPSA) is 12.0 Å². The standard InChI is InChI=1S/C13H14ClF3IN/c14-9-3-6-12(11(18)7-9)19-10-4-1-8(2-5-10)13(15,16)17/h3,6-8,10,19H,1-2,4-5H2. The van der Waals surface area contributed by atoms with Crippen LogP contribution in [0.15, 0.2) is 18.2 Å². The lowest BCUT2D eigenvalue weighted by atomic mass is 9.85. The molecule has 1 fully saturated rings. The van der Waals surface area contributed by atoms with Crippen molar-refractivity contribution in [2.24, 2.45) is 5.92 Å². The van der Waals surface area contributed by atoms with E-state index in [2.05, 4.69) is 27.9 Å². The molecule has 0 radical (unpaired) electrons. The van der Waals surface area contributed by atoms with E-state index < -0.39 is 12.1 Å². The van der Waals surface area contributed by atoms with Crippen LogP contribution in [0.3, 0.4) is 0 Å². The van der Waals surface area contributed by atoms with E-state index in [4.69, 9.17) is 11.6 Å². The number of benzene rings is 1. The Labute approximate surface area is 129 Å². The smallest absolute Gasteiger partial charge is 0.381 e. The Morgan fingerprint density at radius 3 is 2.32 bits per heavy atom. The molecule has 1 N–H and O–H groups in total. The summed E-state index contributed by atoms with van der Waals surface area (Å²) < 4.78 is 38.7. The van der Waals surface area contributed by atoms with Gasteiger partial charge in [-0.15, -0.1) is 0 Å². The maximum absolute atomic E-state index is 12.6. The molecule has 0 saturated heterocycles. The molecule has 0 aliphatic heterocycles. The van der Waals surface area contributed by atoms with Crippen molar-refractivity contribution in [3.8, 4) is 0 Å². The fourth-order valence-corrected chi connectivity index (χ4v) is 3.42. The molecule has 2 rings (SSSR count). The molecule has 0 unspecified atom stereocenters. The second-order valence-corrected chi connectivity index (χ2v) is 6.46. The zero-order chi connectivity index (χ0) is 14.0. The van der Waals surface area contributed by atoms with Gasteiger partial charge in [0.25, 0.3) is 0 Å². The molecule has 0 aromatic heterocycles. The zero-order valence-electron chi connectivity index (χ0n) is 10.1. The van der Waals surface area contributed by atoms with Gasteiger partial charge in [0.05, 0.1) is 5.92 Å². The number of halogens is 5. The molecule has 0 bridgehead atoms. The van der Waals surface area contributed by atoms with Crippen molar-refractivity contribution < 1.29 is 13.2 Å². The minimum atomic E-state index is -4.04. The fraction of sp³-hybridized carbons (Fsp3) is 0.538. The van der Waals surface area contributed by atoms with Crippen LogP contribution < -0.4 is 5.32 Å². The van der Waals surface area contributed by atoms with Gasteiger partial charge in [-0.25, -0.2) is 0 Å². The summed E-state index contributed by atoms with van der Waals surface area (Å²) in [6, 6.07) is 5.62. The lowest BCUT2D eigenvalue weighted by molar-refractivity contribution is -0.182. The molecular formula is C13H14ClF3IN. The van der Waals surface area contributed by atoms with Crippen LogP contribution in [-0.2, 0) is 0 Å². The molecule has 0 spiro atoms. The largest absolute Gasteiger partial charge is 0.391 e. The highest BCUT2D eigenvalue weighted by molar-refractivity contribution is 14.1. The Balaban J connectivity index is 1.92. The van der Waals surface area contributed by atoms with Gasteiger partial charge in [0.1, 0.15) is 0 Å². The van der Waals surface area contributed by atoms with E-state index in [1.807, 2.05) is 12.1 Å². The molecule has 1 aliphatic carbocycles. The predicted molar refractivity (Wildman–Crippen MR) is 79.6 cm³/mol. The normalized spacial score (nSPS) is 24.3. The van der Waals surface area contributed by atoms with Crippen molar-refractivity contribution in [1.29, 1.82) is 0 Å². The van der Waals surface area contributed by atoms with Gasteiger partial charge in [-0.05, 0) is 66.5 Å². The molecule has 6 heteroatoms. The van der Waals surface area contributed by atoms with E-state index in [1.54, 1.807) is 6.07 Å². The first-order chi connectivity index (χ1) is 8.86. The number of alkyl halides is 3. The van der Waals surface area contributed by atoms with Gasteiger partial charge >= 0.3 is 6.18 Å². The van der Waals surface area contributed by atoms with Crippen LogP contribution in [0.2, 0.25) is 5.02 Å². The van der Waals surface area contributed by atoms with E-state index in [9.17, 15) is 13.2 Å². The number of nitrogens with one attached hydrogen (secondary N) is 1. The molecule has 0 heterocycles. The molecule has 106 valence electrons. The fourth-order valence-electron chi connectivity index (χ4n) is 2.39. The first kappa shape index (κ1) is 15.2. The Kier molecular flexibility index (Phi) is 4.87.